The maximum Gasteiger partial charge on any atom is 0.121 e. The minimum absolute atomic E-state index is 0.520. The molecule has 0 radical (unpaired) electrons. The molecular weight excluding hydrogens is 346 g/mol. The molecule has 0 aliphatic heterocycles. The Kier molecular flexibility index (Phi) is 7.36. The van der Waals surface area contributed by atoms with Crippen LogP contribution in [0.1, 0.15) is 25.0 Å². The second-order valence-corrected chi connectivity index (χ2v) is 7.32. The van der Waals surface area contributed by atoms with E-state index in [4.69, 9.17) is 9.47 Å². The Hall–Kier alpha value is -2.94. The van der Waals surface area contributed by atoms with Gasteiger partial charge in [-0.1, -0.05) is 62.4 Å². The predicted octanol–water partition coefficient (Wildman–Crippen LogP) is 5.96. The van der Waals surface area contributed by atoms with E-state index in [1.54, 1.807) is 0 Å². The first-order valence-corrected chi connectivity index (χ1v) is 9.91. The van der Waals surface area contributed by atoms with Gasteiger partial charge in [0.05, 0.1) is 13.2 Å². The summed E-state index contributed by atoms with van der Waals surface area (Å²) in [5.41, 5.74) is 3.53. The molecule has 3 aromatic carbocycles. The van der Waals surface area contributed by atoms with Gasteiger partial charge in [-0.3, -0.25) is 0 Å². The number of rotatable bonds is 10. The summed E-state index contributed by atoms with van der Waals surface area (Å²) in [6.45, 7) is 6.45. The van der Waals surface area contributed by atoms with Crippen molar-refractivity contribution in [1.82, 2.24) is 0 Å². The second kappa shape index (κ2) is 10.4. The number of hydrogen-bond donors (Lipinski definition) is 1. The molecule has 0 bridgehead atoms. The Labute approximate surface area is 168 Å². The van der Waals surface area contributed by atoms with Gasteiger partial charge < -0.3 is 14.8 Å². The van der Waals surface area contributed by atoms with E-state index < -0.39 is 0 Å². The molecule has 3 heteroatoms. The minimum atomic E-state index is 0.520. The molecule has 0 amide bonds. The fraction of sp³-hybridized carbons (Fsp3) is 0.280. The van der Waals surface area contributed by atoms with Crippen LogP contribution in [0.15, 0.2) is 78.9 Å². The van der Waals surface area contributed by atoms with E-state index in [1.165, 1.54) is 11.1 Å². The van der Waals surface area contributed by atoms with E-state index in [2.05, 4.69) is 61.6 Å². The van der Waals surface area contributed by atoms with Crippen molar-refractivity contribution in [3.8, 4) is 11.5 Å². The quantitative estimate of drug-likeness (QED) is 0.474. The molecule has 1 N–H and O–H groups in total. The highest BCUT2D eigenvalue weighted by Gasteiger charge is 2.01. The Morgan fingerprint density at radius 2 is 1.46 bits per heavy atom. The molecule has 0 atom stereocenters. The molecular formula is C25H29NO2. The number of ether oxygens (including phenoxy) is 2. The van der Waals surface area contributed by atoms with Crippen LogP contribution in [-0.4, -0.2) is 13.2 Å². The Bertz CT molecular complexity index is 846. The van der Waals surface area contributed by atoms with Crippen molar-refractivity contribution in [2.24, 2.45) is 5.92 Å². The monoisotopic (exact) mass is 375 g/mol. The van der Waals surface area contributed by atoms with Crippen LogP contribution in [-0.2, 0) is 13.0 Å². The van der Waals surface area contributed by atoms with Gasteiger partial charge in [-0.05, 0) is 41.3 Å². The van der Waals surface area contributed by atoms with Crippen LogP contribution >= 0.6 is 0 Å². The summed E-state index contributed by atoms with van der Waals surface area (Å²) in [7, 11) is 0. The lowest BCUT2D eigenvalue weighted by molar-refractivity contribution is 0.271. The van der Waals surface area contributed by atoms with Crippen LogP contribution in [0.4, 0.5) is 5.69 Å². The summed E-state index contributed by atoms with van der Waals surface area (Å²) in [5, 5.41) is 3.47. The number of nitrogens with one attached hydrogen (secondary N) is 1. The number of anilines is 1. The molecule has 3 aromatic rings. The molecule has 0 fully saturated rings. The van der Waals surface area contributed by atoms with E-state index in [0.717, 1.165) is 36.8 Å². The van der Waals surface area contributed by atoms with Crippen molar-refractivity contribution in [3.63, 3.8) is 0 Å². The van der Waals surface area contributed by atoms with Crippen molar-refractivity contribution in [3.05, 3.63) is 90.0 Å². The summed E-state index contributed by atoms with van der Waals surface area (Å²) in [5.74, 6) is 2.33. The first-order chi connectivity index (χ1) is 13.7. The Morgan fingerprint density at radius 1 is 0.750 bits per heavy atom. The van der Waals surface area contributed by atoms with E-state index in [0.29, 0.717) is 12.5 Å². The molecule has 3 nitrogen and oxygen atoms in total. The molecule has 0 saturated carbocycles. The highest BCUT2D eigenvalue weighted by Crippen LogP contribution is 2.20. The van der Waals surface area contributed by atoms with Gasteiger partial charge >= 0.3 is 0 Å². The van der Waals surface area contributed by atoms with Gasteiger partial charge in [0, 0.05) is 24.7 Å². The van der Waals surface area contributed by atoms with Gasteiger partial charge in [0.15, 0.2) is 0 Å². The largest absolute Gasteiger partial charge is 0.493 e. The zero-order chi connectivity index (χ0) is 19.6. The van der Waals surface area contributed by atoms with Crippen LogP contribution < -0.4 is 14.8 Å². The number of hydrogen-bond acceptors (Lipinski definition) is 3. The lowest BCUT2D eigenvalue weighted by Gasteiger charge is -2.12. The first-order valence-electron chi connectivity index (χ1n) is 9.91. The predicted molar refractivity (Wildman–Crippen MR) is 116 cm³/mol. The van der Waals surface area contributed by atoms with Crippen LogP contribution in [0, 0.1) is 5.92 Å². The molecule has 3 rings (SSSR count). The molecule has 0 unspecified atom stereocenters. The fourth-order valence-electron chi connectivity index (χ4n) is 2.84. The van der Waals surface area contributed by atoms with Gasteiger partial charge in [-0.25, -0.2) is 0 Å². The molecule has 146 valence electrons. The lowest BCUT2D eigenvalue weighted by Crippen LogP contribution is -2.05. The molecule has 0 saturated heterocycles. The van der Waals surface area contributed by atoms with Crippen molar-refractivity contribution >= 4 is 5.69 Å². The van der Waals surface area contributed by atoms with Gasteiger partial charge in [0.2, 0.25) is 0 Å². The fourth-order valence-corrected chi connectivity index (χ4v) is 2.84. The number of benzene rings is 3. The normalized spacial score (nSPS) is 10.7. The molecule has 0 heterocycles. The van der Waals surface area contributed by atoms with E-state index in [1.807, 2.05) is 36.4 Å². The molecule has 0 aliphatic rings. The van der Waals surface area contributed by atoms with Crippen LogP contribution in [0.25, 0.3) is 0 Å². The highest BCUT2D eigenvalue weighted by molar-refractivity contribution is 5.48. The van der Waals surface area contributed by atoms with Crippen molar-refractivity contribution < 1.29 is 9.47 Å². The van der Waals surface area contributed by atoms with E-state index >= 15 is 0 Å². The summed E-state index contributed by atoms with van der Waals surface area (Å²) >= 11 is 0. The average molecular weight is 376 g/mol. The zero-order valence-corrected chi connectivity index (χ0v) is 16.7. The highest BCUT2D eigenvalue weighted by atomic mass is 16.5. The summed E-state index contributed by atoms with van der Waals surface area (Å²) in [6.07, 6.45) is 0.904. The maximum absolute atomic E-state index is 5.92. The minimum Gasteiger partial charge on any atom is -0.493 e. The standard InChI is InChI=1S/C25H29NO2/c1-20(2)19-28-24-12-6-10-22(16-24)18-26-23-11-7-13-25(17-23)27-15-14-21-8-4-3-5-9-21/h3-13,16-17,20,26H,14-15,18-19H2,1-2H3. The lowest BCUT2D eigenvalue weighted by atomic mass is 10.2. The maximum atomic E-state index is 5.92. The van der Waals surface area contributed by atoms with E-state index in [-0.39, 0.29) is 0 Å². The Morgan fingerprint density at radius 3 is 2.25 bits per heavy atom. The summed E-state index contributed by atoms with van der Waals surface area (Å²) in [6, 6.07) is 26.8. The summed E-state index contributed by atoms with van der Waals surface area (Å²) in [4.78, 5) is 0. The Balaban J connectivity index is 1.50. The molecule has 0 aromatic heterocycles. The summed E-state index contributed by atoms with van der Waals surface area (Å²) < 4.78 is 11.7. The zero-order valence-electron chi connectivity index (χ0n) is 16.7. The van der Waals surface area contributed by atoms with E-state index in [9.17, 15) is 0 Å². The third kappa shape index (κ3) is 6.66. The van der Waals surface area contributed by atoms with Gasteiger partial charge in [-0.2, -0.15) is 0 Å². The van der Waals surface area contributed by atoms with Crippen LogP contribution in [0.2, 0.25) is 0 Å². The first kappa shape index (κ1) is 19.8. The third-order valence-electron chi connectivity index (χ3n) is 4.31. The SMILES string of the molecule is CC(C)COc1cccc(CNc2cccc(OCCc3ccccc3)c2)c1. The van der Waals surface area contributed by atoms with Gasteiger partial charge in [0.1, 0.15) is 11.5 Å². The molecule has 0 aliphatic carbocycles. The van der Waals surface area contributed by atoms with Crippen LogP contribution in [0.3, 0.4) is 0 Å². The molecule has 0 spiro atoms. The topological polar surface area (TPSA) is 30.5 Å². The molecule has 28 heavy (non-hydrogen) atoms. The van der Waals surface area contributed by atoms with Crippen molar-refractivity contribution in [1.29, 1.82) is 0 Å². The van der Waals surface area contributed by atoms with Crippen molar-refractivity contribution in [2.75, 3.05) is 18.5 Å². The van der Waals surface area contributed by atoms with Crippen LogP contribution in [0.5, 0.6) is 11.5 Å². The van der Waals surface area contributed by atoms with Crippen molar-refractivity contribution in [2.45, 2.75) is 26.8 Å². The smallest absolute Gasteiger partial charge is 0.121 e. The average Bonchev–Trinajstić information content (AvgIpc) is 2.72. The second-order valence-electron chi connectivity index (χ2n) is 7.32. The van der Waals surface area contributed by atoms with Gasteiger partial charge in [-0.15, -0.1) is 0 Å². The van der Waals surface area contributed by atoms with Gasteiger partial charge in [0.25, 0.3) is 0 Å². The third-order valence-corrected chi connectivity index (χ3v) is 4.31.